The van der Waals surface area contributed by atoms with E-state index < -0.39 is 0 Å². The number of amides is 1. The average Bonchev–Trinajstić information content (AvgIpc) is 2.95. The van der Waals surface area contributed by atoms with Crippen LogP contribution in [0.3, 0.4) is 0 Å². The summed E-state index contributed by atoms with van der Waals surface area (Å²) in [6.07, 6.45) is 6.40. The summed E-state index contributed by atoms with van der Waals surface area (Å²) in [5.74, 6) is 0.274. The molecule has 0 saturated heterocycles. The highest BCUT2D eigenvalue weighted by Crippen LogP contribution is 2.34. The van der Waals surface area contributed by atoms with Gasteiger partial charge in [0.2, 0.25) is 5.91 Å². The first-order valence-electron chi connectivity index (χ1n) is 8.94. The first-order valence-corrected chi connectivity index (χ1v) is 10.7. The first kappa shape index (κ1) is 18.5. The number of rotatable bonds is 6. The van der Waals surface area contributed by atoms with Gasteiger partial charge in [-0.3, -0.25) is 14.2 Å². The minimum Gasteiger partial charge on any atom is -0.353 e. The summed E-state index contributed by atoms with van der Waals surface area (Å²) in [5.41, 5.74) is 1.23. The topological polar surface area (TPSA) is 64.0 Å². The van der Waals surface area contributed by atoms with Crippen LogP contribution in [0.4, 0.5) is 0 Å². The fourth-order valence-electron chi connectivity index (χ4n) is 3.35. The Morgan fingerprint density at radius 3 is 2.92 bits per heavy atom. The summed E-state index contributed by atoms with van der Waals surface area (Å²) in [6.45, 7) is 4.12. The lowest BCUT2D eigenvalue weighted by atomic mass is 9.97. The van der Waals surface area contributed by atoms with Gasteiger partial charge in [0.25, 0.3) is 5.56 Å². The van der Waals surface area contributed by atoms with Gasteiger partial charge in [-0.05, 0) is 44.6 Å². The van der Waals surface area contributed by atoms with Crippen LogP contribution in [0.2, 0.25) is 0 Å². The van der Waals surface area contributed by atoms with Gasteiger partial charge in [0, 0.05) is 18.0 Å². The first-order chi connectivity index (χ1) is 12.0. The van der Waals surface area contributed by atoms with E-state index in [1.54, 1.807) is 23.0 Å². The van der Waals surface area contributed by atoms with Crippen LogP contribution in [-0.4, -0.2) is 27.3 Å². The zero-order valence-corrected chi connectivity index (χ0v) is 16.7. The van der Waals surface area contributed by atoms with Crippen LogP contribution < -0.4 is 10.9 Å². The summed E-state index contributed by atoms with van der Waals surface area (Å²) in [4.78, 5) is 31.7. The molecular formula is C18H25N3O2S2. The highest BCUT2D eigenvalue weighted by molar-refractivity contribution is 7.99. The molecule has 1 atom stereocenters. The number of carbonyl (C=O) groups excluding carboxylic acids is 1. The van der Waals surface area contributed by atoms with Gasteiger partial charge in [-0.2, -0.15) is 0 Å². The molecule has 1 aliphatic rings. The van der Waals surface area contributed by atoms with Crippen LogP contribution >= 0.6 is 23.1 Å². The third-order valence-electron chi connectivity index (χ3n) is 4.62. The molecule has 0 saturated carbocycles. The van der Waals surface area contributed by atoms with E-state index in [-0.39, 0.29) is 23.3 Å². The summed E-state index contributed by atoms with van der Waals surface area (Å²) in [7, 11) is 1.75. The van der Waals surface area contributed by atoms with Crippen molar-refractivity contribution in [2.24, 2.45) is 7.05 Å². The Hall–Kier alpha value is -1.34. The normalized spacial score (nSPS) is 15.2. The van der Waals surface area contributed by atoms with Gasteiger partial charge in [0.05, 0.1) is 11.1 Å². The highest BCUT2D eigenvalue weighted by Gasteiger charge is 2.21. The molecular weight excluding hydrogens is 354 g/mol. The van der Waals surface area contributed by atoms with Gasteiger partial charge in [-0.15, -0.1) is 11.3 Å². The number of aromatic nitrogens is 2. The Labute approximate surface area is 156 Å². The van der Waals surface area contributed by atoms with Gasteiger partial charge in [0.15, 0.2) is 5.16 Å². The number of hydrogen-bond donors (Lipinski definition) is 1. The Morgan fingerprint density at radius 2 is 2.16 bits per heavy atom. The van der Waals surface area contributed by atoms with Crippen molar-refractivity contribution in [3.63, 3.8) is 0 Å². The molecule has 0 aliphatic heterocycles. The van der Waals surface area contributed by atoms with Gasteiger partial charge in [-0.25, -0.2) is 4.98 Å². The molecule has 0 fully saturated rings. The minimum absolute atomic E-state index is 0.00855. The van der Waals surface area contributed by atoms with Crippen LogP contribution in [0.15, 0.2) is 9.95 Å². The maximum Gasteiger partial charge on any atom is 0.262 e. The summed E-state index contributed by atoms with van der Waals surface area (Å²) >= 11 is 2.99. The summed E-state index contributed by atoms with van der Waals surface area (Å²) in [6, 6.07) is 0.182. The predicted octanol–water partition coefficient (Wildman–Crippen LogP) is 3.27. The Balaban J connectivity index is 1.79. The molecule has 7 heteroatoms. The lowest BCUT2D eigenvalue weighted by Crippen LogP contribution is -2.33. The van der Waals surface area contributed by atoms with Crippen LogP contribution in [0.5, 0.6) is 0 Å². The van der Waals surface area contributed by atoms with E-state index in [0.717, 1.165) is 42.3 Å². The molecule has 1 N–H and O–H groups in total. The van der Waals surface area contributed by atoms with E-state index in [2.05, 4.69) is 12.2 Å². The number of thioether (sulfide) groups is 1. The fourth-order valence-corrected chi connectivity index (χ4v) is 5.43. The Bertz CT molecular complexity index is 841. The largest absolute Gasteiger partial charge is 0.353 e. The Kier molecular flexibility index (Phi) is 5.84. The van der Waals surface area contributed by atoms with Crippen LogP contribution in [0, 0.1) is 0 Å². The molecule has 2 heterocycles. The van der Waals surface area contributed by atoms with E-state index in [1.165, 1.54) is 28.6 Å². The van der Waals surface area contributed by atoms with E-state index in [1.807, 2.05) is 6.92 Å². The molecule has 1 amide bonds. The second-order valence-electron chi connectivity index (χ2n) is 6.70. The molecule has 0 radical (unpaired) electrons. The molecule has 0 unspecified atom stereocenters. The average molecular weight is 380 g/mol. The molecule has 5 nitrogen and oxygen atoms in total. The van der Waals surface area contributed by atoms with Gasteiger partial charge >= 0.3 is 0 Å². The van der Waals surface area contributed by atoms with E-state index >= 15 is 0 Å². The molecule has 0 aromatic carbocycles. The number of aryl methyl sites for hydroxylation is 2. The van der Waals surface area contributed by atoms with Gasteiger partial charge < -0.3 is 5.32 Å². The minimum atomic E-state index is -0.00855. The third-order valence-corrected chi connectivity index (χ3v) is 6.83. The summed E-state index contributed by atoms with van der Waals surface area (Å²) < 4.78 is 1.59. The SMILES string of the molecule is CCC[C@H](C)NC(=O)CSc1nc2sc3c(c2c(=O)n1C)CCCC3. The number of carbonyl (C=O) groups is 1. The van der Waals surface area contributed by atoms with Crippen molar-refractivity contribution >= 4 is 39.2 Å². The molecule has 1 aliphatic carbocycles. The lowest BCUT2D eigenvalue weighted by Gasteiger charge is -2.13. The summed E-state index contributed by atoms with van der Waals surface area (Å²) in [5, 5.41) is 4.41. The molecule has 0 bridgehead atoms. The smallest absolute Gasteiger partial charge is 0.262 e. The molecule has 136 valence electrons. The van der Waals surface area contributed by atoms with E-state index in [9.17, 15) is 9.59 Å². The van der Waals surface area contributed by atoms with E-state index in [0.29, 0.717) is 5.16 Å². The number of thiophene rings is 1. The van der Waals surface area contributed by atoms with Crippen molar-refractivity contribution in [3.8, 4) is 0 Å². The number of hydrogen-bond acceptors (Lipinski definition) is 5. The van der Waals surface area contributed by atoms with Crippen molar-refractivity contribution in [2.45, 2.75) is 63.6 Å². The maximum atomic E-state index is 12.8. The third kappa shape index (κ3) is 3.92. The van der Waals surface area contributed by atoms with Crippen molar-refractivity contribution in [2.75, 3.05) is 5.75 Å². The van der Waals surface area contributed by atoms with Crippen molar-refractivity contribution in [1.82, 2.24) is 14.9 Å². The molecule has 0 spiro atoms. The molecule has 2 aromatic rings. The van der Waals surface area contributed by atoms with Crippen molar-refractivity contribution in [1.29, 1.82) is 0 Å². The van der Waals surface area contributed by atoms with Gasteiger partial charge in [-0.1, -0.05) is 25.1 Å². The second kappa shape index (κ2) is 7.91. The molecule has 2 aromatic heterocycles. The van der Waals surface area contributed by atoms with Gasteiger partial charge in [0.1, 0.15) is 4.83 Å². The van der Waals surface area contributed by atoms with Crippen LogP contribution in [-0.2, 0) is 24.7 Å². The zero-order valence-electron chi connectivity index (χ0n) is 15.1. The monoisotopic (exact) mass is 379 g/mol. The number of fused-ring (bicyclic) bond motifs is 3. The Morgan fingerprint density at radius 1 is 1.40 bits per heavy atom. The molecule has 25 heavy (non-hydrogen) atoms. The van der Waals surface area contributed by atoms with Crippen molar-refractivity contribution < 1.29 is 4.79 Å². The molecule has 3 rings (SSSR count). The number of nitrogens with one attached hydrogen (secondary N) is 1. The highest BCUT2D eigenvalue weighted by atomic mass is 32.2. The van der Waals surface area contributed by atoms with E-state index in [4.69, 9.17) is 4.98 Å². The second-order valence-corrected chi connectivity index (χ2v) is 8.72. The number of nitrogens with zero attached hydrogens (tertiary/aromatic N) is 2. The maximum absolute atomic E-state index is 12.8. The quantitative estimate of drug-likeness (QED) is 0.618. The van der Waals surface area contributed by atoms with Crippen molar-refractivity contribution in [3.05, 3.63) is 20.8 Å². The zero-order chi connectivity index (χ0) is 18.0. The van der Waals surface area contributed by atoms with Crippen LogP contribution in [0.1, 0.15) is 50.0 Å². The van der Waals surface area contributed by atoms with Crippen LogP contribution in [0.25, 0.3) is 10.2 Å². The standard InChI is InChI=1S/C18H25N3O2S2/c1-4-7-11(2)19-14(22)10-24-18-20-16-15(17(23)21(18)3)12-8-5-6-9-13(12)25-16/h11H,4-10H2,1-3H3,(H,19,22)/t11-/m0/s1. The predicted molar refractivity (Wildman–Crippen MR) is 105 cm³/mol. The fraction of sp³-hybridized carbons (Fsp3) is 0.611. The lowest BCUT2D eigenvalue weighted by molar-refractivity contribution is -0.119.